The van der Waals surface area contributed by atoms with Gasteiger partial charge in [-0.15, -0.1) is 7.92 Å². The number of carbonyl (C=O) groups excluding carboxylic acids is 1. The smallest absolute Gasteiger partial charge is 0.548 e. The zero-order valence-electron chi connectivity index (χ0n) is 10.5. The zero-order chi connectivity index (χ0) is 11.8. The van der Waals surface area contributed by atoms with Crippen LogP contribution in [0.15, 0.2) is 12.5 Å². The number of carboxylic acid groups (broad SMARTS) is 1. The summed E-state index contributed by atoms with van der Waals surface area (Å²) < 4.78 is 0. The van der Waals surface area contributed by atoms with E-state index in [1.165, 1.54) is 12.5 Å². The van der Waals surface area contributed by atoms with Gasteiger partial charge < -0.3 is 25.6 Å². The van der Waals surface area contributed by atoms with E-state index in [1.807, 2.05) is 0 Å². The van der Waals surface area contributed by atoms with Gasteiger partial charge in [0, 0.05) is 6.04 Å². The number of aliphatic carboxylic acids is 1. The van der Waals surface area contributed by atoms with Crippen LogP contribution in [0.1, 0.15) is 5.69 Å². The maximum atomic E-state index is 10.1. The van der Waals surface area contributed by atoms with Crippen molar-refractivity contribution in [3.8, 4) is 0 Å². The minimum Gasteiger partial charge on any atom is -0.548 e. The molecule has 0 aliphatic heterocycles. The van der Waals surface area contributed by atoms with Crippen molar-refractivity contribution in [1.82, 2.24) is 9.97 Å². The van der Waals surface area contributed by atoms with Crippen molar-refractivity contribution >= 4 is 13.9 Å². The standard InChI is InChI=1S/C6H9N3O2.C3H9P.Au.Na/c7-5(6(10)11)1-4-2-8-3-9-4;1-4(2)3;;/h2-3,5H,1,7H2,(H2,8,9,10,11);1-3H3;;/q;;2*+1/p-2. The van der Waals surface area contributed by atoms with Crippen molar-refractivity contribution in [1.29, 1.82) is 0 Å². The fraction of sp³-hybridized carbons (Fsp3) is 0.556. The minimum absolute atomic E-state index is 0. The van der Waals surface area contributed by atoms with E-state index in [0.29, 0.717) is 13.6 Å². The van der Waals surface area contributed by atoms with E-state index in [0.717, 1.165) is 0 Å². The second kappa shape index (κ2) is 13.2. The Hall–Kier alpha value is 0.810. The van der Waals surface area contributed by atoms with Gasteiger partial charge in [-0.3, -0.25) is 0 Å². The van der Waals surface area contributed by atoms with E-state index in [4.69, 9.17) is 5.73 Å². The number of rotatable bonds is 3. The molecular weight excluding hydrogens is 433 g/mol. The summed E-state index contributed by atoms with van der Waals surface area (Å²) >= 11 is 0. The van der Waals surface area contributed by atoms with Crippen LogP contribution in [0, 0.1) is 0 Å². The molecule has 1 heterocycles. The van der Waals surface area contributed by atoms with Crippen molar-refractivity contribution in [2.24, 2.45) is 5.73 Å². The second-order valence-electron chi connectivity index (χ2n) is 3.49. The first kappa shape index (κ1) is 22.9. The Morgan fingerprint density at radius 3 is 2.35 bits per heavy atom. The average Bonchev–Trinajstić information content (AvgIpc) is 2.55. The number of hydrogen-bond acceptors (Lipinski definition) is 4. The van der Waals surface area contributed by atoms with Crippen LogP contribution < -0.4 is 45.4 Å². The number of nitrogens with zero attached hydrogens (tertiary/aromatic N) is 2. The molecule has 0 amide bonds. The second-order valence-corrected chi connectivity index (χ2v) is 6.17. The first-order valence-corrected chi connectivity index (χ1v) is 7.10. The summed E-state index contributed by atoms with van der Waals surface area (Å²) in [5, 5.41) is 10.1. The minimum atomic E-state index is -1.27. The maximum Gasteiger partial charge on any atom is 1.00 e. The van der Waals surface area contributed by atoms with Gasteiger partial charge in [0.2, 0.25) is 0 Å². The van der Waals surface area contributed by atoms with Crippen LogP contribution in [0.25, 0.3) is 0 Å². The molecule has 1 aromatic heterocycles. The fourth-order valence-corrected chi connectivity index (χ4v) is 0.674. The van der Waals surface area contributed by atoms with Crippen LogP contribution in [0.4, 0.5) is 0 Å². The van der Waals surface area contributed by atoms with Gasteiger partial charge in [-0.2, -0.15) is 0 Å². The Labute approximate surface area is 141 Å². The number of hydrogen-bond donors (Lipinski definition) is 1. The van der Waals surface area contributed by atoms with Gasteiger partial charge in [0.25, 0.3) is 0 Å². The SMILES string of the molecule is CP(C)C.NC(Cc1c[n-]cn1)C(=O)[O-].[Au+].[Na+]. The normalized spacial score (nSPS) is 10.4. The Bertz CT molecular complexity index is 283. The van der Waals surface area contributed by atoms with Crippen LogP contribution >= 0.6 is 7.92 Å². The summed E-state index contributed by atoms with van der Waals surface area (Å²) in [6.45, 7) is 6.69. The first-order chi connectivity index (χ1) is 6.93. The predicted octanol–water partition coefficient (Wildman–Crippen LogP) is -3.98. The molecule has 0 radical (unpaired) electrons. The van der Waals surface area contributed by atoms with E-state index in [1.54, 1.807) is 0 Å². The van der Waals surface area contributed by atoms with Crippen molar-refractivity contribution in [2.45, 2.75) is 12.5 Å². The van der Waals surface area contributed by atoms with E-state index in [9.17, 15) is 9.90 Å². The molecule has 1 unspecified atom stereocenters. The van der Waals surface area contributed by atoms with Crippen LogP contribution in [0.5, 0.6) is 0 Å². The molecule has 0 aliphatic carbocycles. The average molecular weight is 449 g/mol. The molecule has 0 saturated heterocycles. The number of aromatic nitrogens is 2. The third-order valence-electron chi connectivity index (χ3n) is 1.25. The van der Waals surface area contributed by atoms with Crippen molar-refractivity contribution in [2.75, 3.05) is 20.0 Å². The third kappa shape index (κ3) is 14.8. The van der Waals surface area contributed by atoms with E-state index in [2.05, 4.69) is 30.0 Å². The van der Waals surface area contributed by atoms with Gasteiger partial charge in [0.05, 0.1) is 5.97 Å². The van der Waals surface area contributed by atoms with Gasteiger partial charge in [0.15, 0.2) is 0 Å². The molecule has 0 saturated carbocycles. The Morgan fingerprint density at radius 2 is 2.06 bits per heavy atom. The topological polar surface area (TPSA) is 93.1 Å². The molecule has 5 nitrogen and oxygen atoms in total. The molecule has 0 bridgehead atoms. The van der Waals surface area contributed by atoms with Gasteiger partial charge in [-0.25, -0.2) is 0 Å². The molecule has 8 heteroatoms. The zero-order valence-corrected chi connectivity index (χ0v) is 15.5. The Kier molecular flexibility index (Phi) is 17.9. The molecule has 0 spiro atoms. The van der Waals surface area contributed by atoms with Gasteiger partial charge in [-0.1, -0.05) is 18.2 Å². The van der Waals surface area contributed by atoms with E-state index < -0.39 is 12.0 Å². The van der Waals surface area contributed by atoms with Crippen LogP contribution in [-0.4, -0.2) is 37.0 Å². The molecule has 1 aromatic rings. The summed E-state index contributed by atoms with van der Waals surface area (Å²) in [4.78, 5) is 17.6. The summed E-state index contributed by atoms with van der Waals surface area (Å²) in [6, 6.07) is -0.994. The van der Waals surface area contributed by atoms with Gasteiger partial charge >= 0.3 is 51.9 Å². The quantitative estimate of drug-likeness (QED) is 0.376. The fourth-order valence-electron chi connectivity index (χ4n) is 0.674. The predicted molar refractivity (Wildman–Crippen MR) is 58.9 cm³/mol. The van der Waals surface area contributed by atoms with E-state index >= 15 is 0 Å². The first-order valence-electron chi connectivity index (χ1n) is 4.42. The molecule has 17 heavy (non-hydrogen) atoms. The molecule has 96 valence electrons. The molecule has 1 rings (SSSR count). The summed E-state index contributed by atoms with van der Waals surface area (Å²) in [5.41, 5.74) is 5.75. The maximum absolute atomic E-state index is 10.1. The number of nitrogens with two attached hydrogens (primary N) is 1. The van der Waals surface area contributed by atoms with Gasteiger partial charge in [-0.05, 0) is 26.4 Å². The van der Waals surface area contributed by atoms with Gasteiger partial charge in [0.1, 0.15) is 0 Å². The van der Waals surface area contributed by atoms with Crippen molar-refractivity contribution in [3.63, 3.8) is 0 Å². The van der Waals surface area contributed by atoms with Crippen LogP contribution in [-0.2, 0) is 33.6 Å². The summed E-state index contributed by atoms with van der Waals surface area (Å²) in [7, 11) is 0.380. The number of imidazole rings is 1. The molecule has 2 N–H and O–H groups in total. The van der Waals surface area contributed by atoms with Crippen molar-refractivity contribution < 1.29 is 61.8 Å². The molecule has 0 fully saturated rings. The van der Waals surface area contributed by atoms with E-state index in [-0.39, 0.29) is 58.4 Å². The van der Waals surface area contributed by atoms with Crippen LogP contribution in [0.3, 0.4) is 0 Å². The molecule has 0 aromatic carbocycles. The monoisotopic (exact) mass is 449 g/mol. The summed E-state index contributed by atoms with van der Waals surface area (Å²) in [5.74, 6) is -1.27. The number of carbonyl (C=O) groups is 1. The Balaban J connectivity index is -0.000000289. The number of carboxylic acids is 1. The van der Waals surface area contributed by atoms with Crippen molar-refractivity contribution in [3.05, 3.63) is 18.2 Å². The Morgan fingerprint density at radius 1 is 1.59 bits per heavy atom. The molecule has 1 atom stereocenters. The summed E-state index contributed by atoms with van der Waals surface area (Å²) in [6.07, 6.45) is 2.99. The molecular formula is C9H16AuN3NaO2P. The third-order valence-corrected chi connectivity index (χ3v) is 1.25. The van der Waals surface area contributed by atoms with Crippen LogP contribution in [0.2, 0.25) is 0 Å². The largest absolute Gasteiger partial charge is 1.00 e. The molecule has 0 aliphatic rings.